The van der Waals surface area contributed by atoms with Gasteiger partial charge in [0, 0.05) is 42.9 Å². The van der Waals surface area contributed by atoms with Crippen LogP contribution in [0.1, 0.15) is 23.5 Å². The zero-order chi connectivity index (χ0) is 18.7. The maximum absolute atomic E-state index is 6.48. The third kappa shape index (κ3) is 3.44. The van der Waals surface area contributed by atoms with Gasteiger partial charge in [-0.15, -0.1) is 0 Å². The Kier molecular flexibility index (Phi) is 5.57. The molecule has 0 aliphatic carbocycles. The van der Waals surface area contributed by atoms with Crippen molar-refractivity contribution in [1.82, 2.24) is 0 Å². The van der Waals surface area contributed by atoms with E-state index in [1.807, 2.05) is 12.1 Å². The van der Waals surface area contributed by atoms with Crippen LogP contribution in [-0.4, -0.2) is 40.5 Å². The molecule has 2 aromatic rings. The van der Waals surface area contributed by atoms with E-state index in [2.05, 4.69) is 36.1 Å². The van der Waals surface area contributed by atoms with Crippen LogP contribution in [0.2, 0.25) is 0 Å². The average molecular weight is 356 g/mol. The second kappa shape index (κ2) is 7.87. The molecule has 1 fully saturated rings. The summed E-state index contributed by atoms with van der Waals surface area (Å²) in [5.41, 5.74) is 10.2. The highest BCUT2D eigenvalue weighted by atomic mass is 16.5. The number of methoxy groups -OCH3 is 3. The first-order valence-corrected chi connectivity index (χ1v) is 8.95. The molecule has 1 saturated heterocycles. The third-order valence-corrected chi connectivity index (χ3v) is 5.27. The zero-order valence-corrected chi connectivity index (χ0v) is 16.0. The maximum atomic E-state index is 6.48. The Morgan fingerprint density at radius 1 is 1.00 bits per heavy atom. The van der Waals surface area contributed by atoms with Gasteiger partial charge in [-0.05, 0) is 24.5 Å². The summed E-state index contributed by atoms with van der Waals surface area (Å²) < 4.78 is 16.4. The van der Waals surface area contributed by atoms with Crippen molar-refractivity contribution >= 4 is 5.69 Å². The van der Waals surface area contributed by atoms with Crippen molar-refractivity contribution in [1.29, 1.82) is 0 Å². The predicted molar refractivity (Wildman–Crippen MR) is 105 cm³/mol. The lowest BCUT2D eigenvalue weighted by Crippen LogP contribution is -2.46. The molecule has 0 spiro atoms. The molecule has 0 bridgehead atoms. The molecule has 1 aliphatic rings. The number of anilines is 1. The summed E-state index contributed by atoms with van der Waals surface area (Å²) in [5.74, 6) is 2.25. The standard InChI is InChI=1S/C21H28N2O3/c1-14-7-5-6-8-16(14)17-13-23(10-9-18(17)22)15-11-19(24-2)21(26-4)20(12-15)25-3/h5-8,11-12,17-18H,9-10,13,22H2,1-4H3/t17-,18+/m0/s1. The van der Waals surface area contributed by atoms with E-state index in [1.54, 1.807) is 21.3 Å². The number of rotatable bonds is 5. The second-order valence-electron chi connectivity index (χ2n) is 6.75. The normalized spacial score (nSPS) is 20.0. The third-order valence-electron chi connectivity index (χ3n) is 5.27. The Balaban J connectivity index is 1.94. The van der Waals surface area contributed by atoms with E-state index in [0.717, 1.165) is 25.2 Å². The zero-order valence-electron chi connectivity index (χ0n) is 16.0. The largest absolute Gasteiger partial charge is 0.493 e. The van der Waals surface area contributed by atoms with Gasteiger partial charge in [0.25, 0.3) is 0 Å². The van der Waals surface area contributed by atoms with E-state index in [4.69, 9.17) is 19.9 Å². The molecule has 0 amide bonds. The molecule has 26 heavy (non-hydrogen) atoms. The molecule has 140 valence electrons. The molecule has 2 N–H and O–H groups in total. The lowest BCUT2D eigenvalue weighted by molar-refractivity contribution is 0.324. The van der Waals surface area contributed by atoms with Crippen LogP contribution in [-0.2, 0) is 0 Å². The van der Waals surface area contributed by atoms with E-state index in [0.29, 0.717) is 23.2 Å². The molecule has 0 aromatic heterocycles. The Morgan fingerprint density at radius 3 is 2.23 bits per heavy atom. The number of piperidine rings is 1. The van der Waals surface area contributed by atoms with Crippen molar-refractivity contribution in [3.05, 3.63) is 47.5 Å². The molecule has 3 rings (SSSR count). The monoisotopic (exact) mass is 356 g/mol. The van der Waals surface area contributed by atoms with Gasteiger partial charge in [0.15, 0.2) is 11.5 Å². The van der Waals surface area contributed by atoms with Gasteiger partial charge in [0.05, 0.1) is 21.3 Å². The number of ether oxygens (including phenoxy) is 3. The number of nitrogens with two attached hydrogens (primary N) is 1. The van der Waals surface area contributed by atoms with Crippen LogP contribution < -0.4 is 24.8 Å². The van der Waals surface area contributed by atoms with Crippen LogP contribution in [0.15, 0.2) is 36.4 Å². The van der Waals surface area contributed by atoms with Gasteiger partial charge in [0.2, 0.25) is 5.75 Å². The van der Waals surface area contributed by atoms with Gasteiger partial charge in [0.1, 0.15) is 0 Å². The predicted octanol–water partition coefficient (Wildman–Crippen LogP) is 3.34. The molecule has 1 heterocycles. The highest BCUT2D eigenvalue weighted by Gasteiger charge is 2.30. The minimum absolute atomic E-state index is 0.161. The van der Waals surface area contributed by atoms with E-state index < -0.39 is 0 Å². The fourth-order valence-corrected chi connectivity index (χ4v) is 3.79. The summed E-state index contributed by atoms with van der Waals surface area (Å²) in [6, 6.07) is 12.7. The summed E-state index contributed by atoms with van der Waals surface area (Å²) in [6.07, 6.45) is 0.940. The van der Waals surface area contributed by atoms with Crippen molar-refractivity contribution < 1.29 is 14.2 Å². The SMILES string of the molecule is COc1cc(N2CC[C@@H](N)[C@H](c3ccccc3C)C2)cc(OC)c1OC. The van der Waals surface area contributed by atoms with Crippen LogP contribution >= 0.6 is 0 Å². The first-order valence-electron chi connectivity index (χ1n) is 8.95. The Bertz CT molecular complexity index is 738. The quantitative estimate of drug-likeness (QED) is 0.890. The molecule has 2 aromatic carbocycles. The smallest absolute Gasteiger partial charge is 0.203 e. The van der Waals surface area contributed by atoms with Crippen molar-refractivity contribution in [3.8, 4) is 17.2 Å². The summed E-state index contributed by atoms with van der Waals surface area (Å²) in [7, 11) is 4.90. The summed E-state index contributed by atoms with van der Waals surface area (Å²) in [4.78, 5) is 2.35. The number of benzene rings is 2. The van der Waals surface area contributed by atoms with E-state index >= 15 is 0 Å². The minimum atomic E-state index is 0.161. The van der Waals surface area contributed by atoms with Crippen LogP contribution in [0.3, 0.4) is 0 Å². The van der Waals surface area contributed by atoms with Gasteiger partial charge in [-0.3, -0.25) is 0 Å². The van der Waals surface area contributed by atoms with Crippen LogP contribution in [0, 0.1) is 6.92 Å². The number of aryl methyl sites for hydroxylation is 1. The van der Waals surface area contributed by atoms with Crippen molar-refractivity contribution in [2.45, 2.75) is 25.3 Å². The highest BCUT2D eigenvalue weighted by Crippen LogP contribution is 2.42. The topological polar surface area (TPSA) is 57.0 Å². The Morgan fingerprint density at radius 2 is 1.65 bits per heavy atom. The lowest BCUT2D eigenvalue weighted by atomic mass is 9.84. The number of nitrogens with zero attached hydrogens (tertiary/aromatic N) is 1. The van der Waals surface area contributed by atoms with Crippen LogP contribution in [0.5, 0.6) is 17.2 Å². The fourth-order valence-electron chi connectivity index (χ4n) is 3.79. The highest BCUT2D eigenvalue weighted by molar-refractivity contribution is 5.64. The molecule has 5 heteroatoms. The molecule has 0 unspecified atom stereocenters. The molecular weight excluding hydrogens is 328 g/mol. The average Bonchev–Trinajstić information content (AvgIpc) is 2.67. The van der Waals surface area contributed by atoms with Gasteiger partial charge >= 0.3 is 0 Å². The second-order valence-corrected chi connectivity index (χ2v) is 6.75. The van der Waals surface area contributed by atoms with Crippen molar-refractivity contribution in [2.75, 3.05) is 39.3 Å². The minimum Gasteiger partial charge on any atom is -0.493 e. The molecule has 2 atom stereocenters. The molecule has 0 radical (unpaired) electrons. The fraction of sp³-hybridized carbons (Fsp3) is 0.429. The van der Waals surface area contributed by atoms with Gasteiger partial charge in [-0.1, -0.05) is 24.3 Å². The van der Waals surface area contributed by atoms with Crippen LogP contribution in [0.4, 0.5) is 5.69 Å². The number of hydrogen-bond donors (Lipinski definition) is 1. The summed E-state index contributed by atoms with van der Waals surface area (Å²) >= 11 is 0. The van der Waals surface area contributed by atoms with Crippen molar-refractivity contribution in [3.63, 3.8) is 0 Å². The summed E-state index contributed by atoms with van der Waals surface area (Å²) in [6.45, 7) is 3.92. The lowest BCUT2D eigenvalue weighted by Gasteiger charge is -2.39. The van der Waals surface area contributed by atoms with Gasteiger partial charge in [-0.2, -0.15) is 0 Å². The summed E-state index contributed by atoms with van der Waals surface area (Å²) in [5, 5.41) is 0. The van der Waals surface area contributed by atoms with E-state index in [9.17, 15) is 0 Å². The van der Waals surface area contributed by atoms with Gasteiger partial charge in [-0.25, -0.2) is 0 Å². The molecular formula is C21H28N2O3. The first kappa shape index (κ1) is 18.4. The molecule has 5 nitrogen and oxygen atoms in total. The van der Waals surface area contributed by atoms with E-state index in [1.165, 1.54) is 11.1 Å². The van der Waals surface area contributed by atoms with E-state index in [-0.39, 0.29) is 6.04 Å². The van der Waals surface area contributed by atoms with Crippen LogP contribution in [0.25, 0.3) is 0 Å². The Hall–Kier alpha value is -2.40. The molecule has 0 saturated carbocycles. The first-order chi connectivity index (χ1) is 12.6. The van der Waals surface area contributed by atoms with Gasteiger partial charge < -0.3 is 24.8 Å². The van der Waals surface area contributed by atoms with Crippen molar-refractivity contribution in [2.24, 2.45) is 5.73 Å². The molecule has 1 aliphatic heterocycles. The Labute approximate surface area is 155 Å². The maximum Gasteiger partial charge on any atom is 0.203 e. The number of hydrogen-bond acceptors (Lipinski definition) is 5.